The van der Waals surface area contributed by atoms with Gasteiger partial charge in [0.15, 0.2) is 0 Å². The summed E-state index contributed by atoms with van der Waals surface area (Å²) in [6, 6.07) is 7.34. The summed E-state index contributed by atoms with van der Waals surface area (Å²) in [7, 11) is 0. The van der Waals surface area contributed by atoms with E-state index in [1.807, 2.05) is 6.92 Å². The molecule has 1 amide bonds. The van der Waals surface area contributed by atoms with E-state index in [2.05, 4.69) is 10.6 Å². The van der Waals surface area contributed by atoms with Crippen LogP contribution in [-0.4, -0.2) is 16.9 Å². The minimum atomic E-state index is -0.967. The van der Waals surface area contributed by atoms with Gasteiger partial charge in [0.2, 0.25) is 11.7 Å². The number of hydrogen-bond acceptors (Lipinski definition) is 4. The van der Waals surface area contributed by atoms with Gasteiger partial charge in [0, 0.05) is 27.8 Å². The lowest BCUT2D eigenvalue weighted by molar-refractivity contribution is -0.387. The van der Waals surface area contributed by atoms with Crippen molar-refractivity contribution in [3.05, 3.63) is 67.9 Å². The number of halogens is 3. The van der Waals surface area contributed by atoms with Crippen molar-refractivity contribution in [2.24, 2.45) is 0 Å². The van der Waals surface area contributed by atoms with Crippen LogP contribution in [0.4, 0.5) is 15.8 Å². The molecule has 2 atom stereocenters. The van der Waals surface area contributed by atoms with E-state index in [9.17, 15) is 19.3 Å². The monoisotopic (exact) mass is 399 g/mol. The molecule has 0 aliphatic carbocycles. The summed E-state index contributed by atoms with van der Waals surface area (Å²) in [5.74, 6) is -1.40. The summed E-state index contributed by atoms with van der Waals surface area (Å²) in [4.78, 5) is 22.2. The quantitative estimate of drug-likeness (QED) is 0.543. The van der Waals surface area contributed by atoms with E-state index >= 15 is 0 Å². The maximum atomic E-state index is 13.4. The van der Waals surface area contributed by atoms with Crippen LogP contribution in [0.5, 0.6) is 0 Å². The van der Waals surface area contributed by atoms with Crippen LogP contribution >= 0.6 is 23.2 Å². The molecule has 0 saturated carbocycles. The molecule has 0 spiro atoms. The summed E-state index contributed by atoms with van der Waals surface area (Å²) >= 11 is 12.0. The average molecular weight is 400 g/mol. The number of nitro benzene ring substituents is 1. The molecule has 6 nitrogen and oxygen atoms in total. The normalized spacial score (nSPS) is 13.1. The fourth-order valence-electron chi connectivity index (χ4n) is 2.37. The molecular weight excluding hydrogens is 384 g/mol. The van der Waals surface area contributed by atoms with Crippen molar-refractivity contribution in [2.75, 3.05) is 5.32 Å². The molecule has 9 heteroatoms. The molecule has 2 aromatic rings. The zero-order valence-electron chi connectivity index (χ0n) is 13.9. The Balaban J connectivity index is 2.05. The van der Waals surface area contributed by atoms with E-state index in [0.29, 0.717) is 10.0 Å². The van der Waals surface area contributed by atoms with Crippen LogP contribution in [0.2, 0.25) is 10.0 Å². The molecule has 138 valence electrons. The molecule has 0 aliphatic heterocycles. The molecular formula is C17H16Cl2FN3O3. The van der Waals surface area contributed by atoms with Gasteiger partial charge >= 0.3 is 5.69 Å². The highest BCUT2D eigenvalue weighted by atomic mass is 35.5. The first-order chi connectivity index (χ1) is 12.2. The van der Waals surface area contributed by atoms with E-state index in [-0.39, 0.29) is 11.7 Å². The van der Waals surface area contributed by atoms with Crippen molar-refractivity contribution in [2.45, 2.75) is 25.9 Å². The Bertz CT molecular complexity index is 848. The molecule has 0 aromatic heterocycles. The first kappa shape index (κ1) is 20.1. The van der Waals surface area contributed by atoms with Crippen LogP contribution < -0.4 is 10.6 Å². The lowest BCUT2D eigenvalue weighted by Gasteiger charge is -2.21. The highest BCUT2D eigenvalue weighted by Gasteiger charge is 2.20. The van der Waals surface area contributed by atoms with Crippen LogP contribution in [0, 0.1) is 15.9 Å². The van der Waals surface area contributed by atoms with E-state index in [0.717, 1.165) is 17.7 Å². The smallest absolute Gasteiger partial charge is 0.306 e. The summed E-state index contributed by atoms with van der Waals surface area (Å²) in [5, 5.41) is 17.3. The maximum Gasteiger partial charge on any atom is 0.306 e. The van der Waals surface area contributed by atoms with Gasteiger partial charge in [0.1, 0.15) is 0 Å². The van der Waals surface area contributed by atoms with Crippen molar-refractivity contribution in [3.8, 4) is 0 Å². The van der Waals surface area contributed by atoms with Crippen molar-refractivity contribution in [3.63, 3.8) is 0 Å². The number of carbonyl (C=O) groups excluding carboxylic acids is 1. The van der Waals surface area contributed by atoms with Gasteiger partial charge in [-0.05, 0) is 43.7 Å². The van der Waals surface area contributed by atoms with Gasteiger partial charge in [-0.2, -0.15) is 4.39 Å². The number of benzene rings is 2. The van der Waals surface area contributed by atoms with Crippen LogP contribution in [-0.2, 0) is 4.79 Å². The summed E-state index contributed by atoms with van der Waals surface area (Å²) < 4.78 is 13.4. The van der Waals surface area contributed by atoms with E-state index in [4.69, 9.17) is 23.2 Å². The Hall–Kier alpha value is -2.22. The molecule has 2 N–H and O–H groups in total. The van der Waals surface area contributed by atoms with Crippen LogP contribution in [0.25, 0.3) is 0 Å². The molecule has 26 heavy (non-hydrogen) atoms. The fourth-order valence-corrected chi connectivity index (χ4v) is 2.95. The zero-order chi connectivity index (χ0) is 19.4. The van der Waals surface area contributed by atoms with Gasteiger partial charge in [-0.25, -0.2) is 0 Å². The van der Waals surface area contributed by atoms with E-state index in [1.54, 1.807) is 25.1 Å². The minimum absolute atomic E-state index is 0.133. The summed E-state index contributed by atoms with van der Waals surface area (Å²) in [5.41, 5.74) is 0.201. The standard InChI is InChI=1S/C17H16Cl2FN3O3/c1-9(13-5-3-11(18)7-14(13)19)21-10(2)17(24)22-12-4-6-15(20)16(8-12)23(25)26/h3-10,21H,1-2H3,(H,22,24)/t9-,10-/m0/s1. The van der Waals surface area contributed by atoms with Gasteiger partial charge < -0.3 is 5.32 Å². The average Bonchev–Trinajstić information content (AvgIpc) is 2.55. The number of nitrogens with zero attached hydrogens (tertiary/aromatic N) is 1. The number of nitro groups is 1. The molecule has 0 heterocycles. The Kier molecular flexibility index (Phi) is 6.52. The fraction of sp³-hybridized carbons (Fsp3) is 0.235. The second-order valence-corrected chi connectivity index (χ2v) is 6.53. The molecule has 0 aliphatic rings. The first-order valence-electron chi connectivity index (χ1n) is 7.65. The Morgan fingerprint density at radius 1 is 1.19 bits per heavy atom. The molecule has 0 unspecified atom stereocenters. The predicted octanol–water partition coefficient (Wildman–Crippen LogP) is 4.72. The summed E-state index contributed by atoms with van der Waals surface area (Å²) in [6.07, 6.45) is 0. The van der Waals surface area contributed by atoms with Gasteiger partial charge in [0.05, 0.1) is 11.0 Å². The van der Waals surface area contributed by atoms with Crippen LogP contribution in [0.15, 0.2) is 36.4 Å². The third-order valence-corrected chi connectivity index (χ3v) is 4.30. The molecule has 2 rings (SSSR count). The first-order valence-corrected chi connectivity index (χ1v) is 8.40. The Labute approximate surface area is 159 Å². The molecule has 0 bridgehead atoms. The van der Waals surface area contributed by atoms with Gasteiger partial charge in [0.25, 0.3) is 0 Å². The molecule has 0 fully saturated rings. The van der Waals surface area contributed by atoms with Crippen LogP contribution in [0.1, 0.15) is 25.5 Å². The maximum absolute atomic E-state index is 13.4. The largest absolute Gasteiger partial charge is 0.324 e. The third-order valence-electron chi connectivity index (χ3n) is 3.73. The van der Waals surface area contributed by atoms with Crippen molar-refractivity contribution in [1.29, 1.82) is 0 Å². The van der Waals surface area contributed by atoms with Crippen molar-refractivity contribution < 1.29 is 14.1 Å². The van der Waals surface area contributed by atoms with Crippen LogP contribution in [0.3, 0.4) is 0 Å². The lowest BCUT2D eigenvalue weighted by atomic mass is 10.1. The Morgan fingerprint density at radius 2 is 1.88 bits per heavy atom. The highest BCUT2D eigenvalue weighted by molar-refractivity contribution is 6.35. The molecule has 0 radical (unpaired) electrons. The second-order valence-electron chi connectivity index (χ2n) is 5.69. The highest BCUT2D eigenvalue weighted by Crippen LogP contribution is 2.26. The number of nitrogens with one attached hydrogen (secondary N) is 2. The number of carbonyl (C=O) groups is 1. The van der Waals surface area contributed by atoms with Crippen molar-refractivity contribution in [1.82, 2.24) is 5.32 Å². The van der Waals surface area contributed by atoms with E-state index < -0.39 is 28.4 Å². The van der Waals surface area contributed by atoms with Gasteiger partial charge in [-0.3, -0.25) is 20.2 Å². The second kappa shape index (κ2) is 8.44. The molecule has 0 saturated heterocycles. The number of anilines is 1. The summed E-state index contributed by atoms with van der Waals surface area (Å²) in [6.45, 7) is 3.47. The number of amides is 1. The minimum Gasteiger partial charge on any atom is -0.324 e. The Morgan fingerprint density at radius 3 is 2.50 bits per heavy atom. The number of rotatable bonds is 6. The van der Waals surface area contributed by atoms with Gasteiger partial charge in [-0.15, -0.1) is 0 Å². The zero-order valence-corrected chi connectivity index (χ0v) is 15.4. The molecule has 2 aromatic carbocycles. The third kappa shape index (κ3) is 4.91. The van der Waals surface area contributed by atoms with Crippen molar-refractivity contribution >= 4 is 40.5 Å². The lowest BCUT2D eigenvalue weighted by Crippen LogP contribution is -2.39. The topological polar surface area (TPSA) is 84.3 Å². The van der Waals surface area contributed by atoms with Gasteiger partial charge in [-0.1, -0.05) is 29.3 Å². The SMILES string of the molecule is C[C@H](N[C@@H](C)c1ccc(Cl)cc1Cl)C(=O)Nc1ccc(F)c([N+](=O)[O-])c1. The number of hydrogen-bond donors (Lipinski definition) is 2. The van der Waals surface area contributed by atoms with E-state index in [1.165, 1.54) is 6.07 Å². The predicted molar refractivity (Wildman–Crippen MR) is 99.2 cm³/mol.